The van der Waals surface area contributed by atoms with Gasteiger partial charge in [0.1, 0.15) is 5.82 Å². The Labute approximate surface area is 131 Å². The SMILES string of the molecule is CN(Cc1ccc(Cl)s1)C(CN)c1cccc(Cl)c1F. The average molecular weight is 333 g/mol. The summed E-state index contributed by atoms with van der Waals surface area (Å²) in [5.41, 5.74) is 6.33. The lowest BCUT2D eigenvalue weighted by atomic mass is 10.0. The average Bonchev–Trinajstić information content (AvgIpc) is 2.81. The van der Waals surface area contributed by atoms with E-state index < -0.39 is 5.82 Å². The quantitative estimate of drug-likeness (QED) is 0.883. The first-order valence-electron chi connectivity index (χ1n) is 6.11. The summed E-state index contributed by atoms with van der Waals surface area (Å²) in [7, 11) is 1.91. The van der Waals surface area contributed by atoms with Gasteiger partial charge in [0.15, 0.2) is 0 Å². The minimum atomic E-state index is -0.402. The molecule has 2 N–H and O–H groups in total. The highest BCUT2D eigenvalue weighted by atomic mass is 35.5. The summed E-state index contributed by atoms with van der Waals surface area (Å²) >= 11 is 13.3. The number of benzene rings is 1. The first-order chi connectivity index (χ1) is 9.52. The second-order valence-corrected chi connectivity index (χ2v) is 6.72. The van der Waals surface area contributed by atoms with Crippen LogP contribution in [0.5, 0.6) is 0 Å². The smallest absolute Gasteiger partial charge is 0.146 e. The van der Waals surface area contributed by atoms with Crippen molar-refractivity contribution in [2.24, 2.45) is 5.73 Å². The van der Waals surface area contributed by atoms with E-state index in [4.69, 9.17) is 28.9 Å². The summed E-state index contributed by atoms with van der Waals surface area (Å²) < 4.78 is 14.9. The molecule has 1 aromatic heterocycles. The molecule has 0 spiro atoms. The highest BCUT2D eigenvalue weighted by molar-refractivity contribution is 7.16. The van der Waals surface area contributed by atoms with Gasteiger partial charge in [-0.15, -0.1) is 11.3 Å². The van der Waals surface area contributed by atoms with E-state index in [9.17, 15) is 4.39 Å². The van der Waals surface area contributed by atoms with E-state index >= 15 is 0 Å². The maximum atomic E-state index is 14.1. The first-order valence-corrected chi connectivity index (χ1v) is 7.68. The third-order valence-corrected chi connectivity index (χ3v) is 4.64. The van der Waals surface area contributed by atoms with Crippen molar-refractivity contribution < 1.29 is 4.39 Å². The van der Waals surface area contributed by atoms with Crippen molar-refractivity contribution in [3.63, 3.8) is 0 Å². The van der Waals surface area contributed by atoms with E-state index in [1.54, 1.807) is 12.1 Å². The Morgan fingerprint density at radius 1 is 1.30 bits per heavy atom. The van der Waals surface area contributed by atoms with Crippen LogP contribution in [0.3, 0.4) is 0 Å². The van der Waals surface area contributed by atoms with Crippen molar-refractivity contribution in [2.75, 3.05) is 13.6 Å². The third-order valence-electron chi connectivity index (χ3n) is 3.13. The van der Waals surface area contributed by atoms with Gasteiger partial charge in [0.25, 0.3) is 0 Å². The van der Waals surface area contributed by atoms with Crippen LogP contribution in [0.4, 0.5) is 4.39 Å². The number of nitrogens with two attached hydrogens (primary N) is 1. The van der Waals surface area contributed by atoms with Crippen molar-refractivity contribution in [3.05, 3.63) is 55.9 Å². The molecule has 0 radical (unpaired) electrons. The molecule has 108 valence electrons. The lowest BCUT2D eigenvalue weighted by Crippen LogP contribution is -2.30. The molecule has 0 aliphatic carbocycles. The second kappa shape index (κ2) is 6.87. The molecule has 6 heteroatoms. The van der Waals surface area contributed by atoms with Gasteiger partial charge >= 0.3 is 0 Å². The van der Waals surface area contributed by atoms with Crippen molar-refractivity contribution in [2.45, 2.75) is 12.6 Å². The van der Waals surface area contributed by atoms with E-state index in [0.717, 1.165) is 9.21 Å². The maximum absolute atomic E-state index is 14.1. The summed E-state index contributed by atoms with van der Waals surface area (Å²) in [5.74, 6) is -0.402. The molecule has 1 heterocycles. The Kier molecular flexibility index (Phi) is 5.41. The van der Waals surface area contributed by atoms with Crippen LogP contribution in [0.25, 0.3) is 0 Å². The summed E-state index contributed by atoms with van der Waals surface area (Å²) in [6.45, 7) is 0.970. The van der Waals surface area contributed by atoms with Gasteiger partial charge in [0, 0.05) is 23.5 Å². The molecule has 0 aliphatic heterocycles. The van der Waals surface area contributed by atoms with Gasteiger partial charge in [-0.3, -0.25) is 4.90 Å². The Morgan fingerprint density at radius 3 is 2.65 bits per heavy atom. The molecule has 0 bridgehead atoms. The summed E-state index contributed by atoms with van der Waals surface area (Å²) in [6.07, 6.45) is 0. The number of nitrogens with zero attached hydrogens (tertiary/aromatic N) is 1. The minimum absolute atomic E-state index is 0.119. The number of rotatable bonds is 5. The van der Waals surface area contributed by atoms with Crippen LogP contribution >= 0.6 is 34.5 Å². The highest BCUT2D eigenvalue weighted by Crippen LogP contribution is 2.29. The zero-order chi connectivity index (χ0) is 14.7. The molecule has 1 unspecified atom stereocenters. The Bertz CT molecular complexity index is 588. The molecule has 1 aromatic carbocycles. The van der Waals surface area contributed by atoms with Gasteiger partial charge in [-0.05, 0) is 25.2 Å². The number of likely N-dealkylation sites (N-methyl/N-ethyl adjacent to an activating group) is 1. The predicted octanol–water partition coefficient (Wildman–Crippen LogP) is 4.33. The molecule has 0 amide bonds. The Morgan fingerprint density at radius 2 is 2.05 bits per heavy atom. The lowest BCUT2D eigenvalue weighted by molar-refractivity contribution is 0.239. The number of thiophene rings is 1. The van der Waals surface area contributed by atoms with Crippen LogP contribution in [0, 0.1) is 5.82 Å². The highest BCUT2D eigenvalue weighted by Gasteiger charge is 2.21. The summed E-state index contributed by atoms with van der Waals surface area (Å²) in [4.78, 5) is 3.11. The maximum Gasteiger partial charge on any atom is 0.146 e. The van der Waals surface area contributed by atoms with E-state index in [1.165, 1.54) is 17.4 Å². The molecular weight excluding hydrogens is 318 g/mol. The number of halogens is 3. The van der Waals surface area contributed by atoms with E-state index in [0.29, 0.717) is 18.7 Å². The molecule has 0 aliphatic rings. The molecule has 2 nitrogen and oxygen atoms in total. The molecule has 0 saturated carbocycles. The van der Waals surface area contributed by atoms with Crippen molar-refractivity contribution >= 4 is 34.5 Å². The molecular formula is C14H15Cl2FN2S. The van der Waals surface area contributed by atoms with Gasteiger partial charge in [-0.25, -0.2) is 4.39 Å². The van der Waals surface area contributed by atoms with Crippen molar-refractivity contribution in [1.82, 2.24) is 4.90 Å². The van der Waals surface area contributed by atoms with Crippen LogP contribution in [0.1, 0.15) is 16.5 Å². The van der Waals surface area contributed by atoms with Gasteiger partial charge in [0.05, 0.1) is 15.4 Å². The molecule has 1 atom stereocenters. The fraction of sp³-hybridized carbons (Fsp3) is 0.286. The minimum Gasteiger partial charge on any atom is -0.329 e. The second-order valence-electron chi connectivity index (χ2n) is 4.52. The van der Waals surface area contributed by atoms with Crippen LogP contribution < -0.4 is 5.73 Å². The van der Waals surface area contributed by atoms with Crippen LogP contribution in [0.15, 0.2) is 30.3 Å². The molecule has 0 saturated heterocycles. The number of hydrogen-bond donors (Lipinski definition) is 1. The van der Waals surface area contributed by atoms with Crippen LogP contribution in [0.2, 0.25) is 9.36 Å². The summed E-state index contributed by atoms with van der Waals surface area (Å²) in [5, 5.41) is 0.119. The number of hydrogen-bond acceptors (Lipinski definition) is 3. The van der Waals surface area contributed by atoms with E-state index in [1.807, 2.05) is 24.1 Å². The predicted molar refractivity (Wildman–Crippen MR) is 84.0 cm³/mol. The zero-order valence-corrected chi connectivity index (χ0v) is 13.3. The fourth-order valence-electron chi connectivity index (χ4n) is 2.11. The lowest BCUT2D eigenvalue weighted by Gasteiger charge is -2.27. The molecule has 2 aromatic rings. The Balaban J connectivity index is 2.20. The van der Waals surface area contributed by atoms with Crippen molar-refractivity contribution in [3.8, 4) is 0 Å². The van der Waals surface area contributed by atoms with Crippen molar-refractivity contribution in [1.29, 1.82) is 0 Å². The van der Waals surface area contributed by atoms with Gasteiger partial charge in [-0.1, -0.05) is 35.3 Å². The van der Waals surface area contributed by atoms with Gasteiger partial charge in [-0.2, -0.15) is 0 Å². The zero-order valence-electron chi connectivity index (χ0n) is 10.9. The largest absolute Gasteiger partial charge is 0.329 e. The monoisotopic (exact) mass is 332 g/mol. The Hall–Kier alpha value is -0.650. The molecule has 0 fully saturated rings. The van der Waals surface area contributed by atoms with E-state index in [-0.39, 0.29) is 11.1 Å². The van der Waals surface area contributed by atoms with E-state index in [2.05, 4.69) is 0 Å². The standard InChI is InChI=1S/C14H15Cl2FN2S/c1-19(8-9-5-6-13(16)20-9)12(7-18)10-3-2-4-11(15)14(10)17/h2-6,12H,7-8,18H2,1H3. The fourth-order valence-corrected chi connectivity index (χ4v) is 3.45. The first kappa shape index (κ1) is 15.7. The molecule has 20 heavy (non-hydrogen) atoms. The van der Waals surface area contributed by atoms with Gasteiger partial charge in [0.2, 0.25) is 0 Å². The normalized spacial score (nSPS) is 12.9. The molecule has 2 rings (SSSR count). The topological polar surface area (TPSA) is 29.3 Å². The summed E-state index contributed by atoms with van der Waals surface area (Å²) in [6, 6.07) is 8.58. The van der Waals surface area contributed by atoms with Crippen LogP contribution in [-0.4, -0.2) is 18.5 Å². The third kappa shape index (κ3) is 3.51. The van der Waals surface area contributed by atoms with Crippen LogP contribution in [-0.2, 0) is 6.54 Å². The van der Waals surface area contributed by atoms with Gasteiger partial charge < -0.3 is 5.73 Å².